The molecule has 0 amide bonds. The zero-order valence-corrected chi connectivity index (χ0v) is 18.1. The first kappa shape index (κ1) is 20.3. The van der Waals surface area contributed by atoms with Gasteiger partial charge in [0.15, 0.2) is 17.3 Å². The molecule has 0 unspecified atom stereocenters. The normalized spacial score (nSPS) is 12.9. The van der Waals surface area contributed by atoms with E-state index >= 15 is 0 Å². The minimum Gasteiger partial charge on any atom is -0.462 e. The first-order valence-electron chi connectivity index (χ1n) is 10.2. The highest BCUT2D eigenvalue weighted by molar-refractivity contribution is 7.90. The molecule has 2 aromatic carbocycles. The molecule has 0 fully saturated rings. The Bertz CT molecular complexity index is 1400. The molecular formula is C22H20N4O5S. The number of nitrogens with zero attached hydrogens (tertiary/aromatic N) is 4. The number of aromatic nitrogens is 4. The van der Waals surface area contributed by atoms with Gasteiger partial charge < -0.3 is 14.2 Å². The van der Waals surface area contributed by atoms with Gasteiger partial charge in [-0.05, 0) is 36.8 Å². The molecule has 0 aliphatic carbocycles. The van der Waals surface area contributed by atoms with Crippen molar-refractivity contribution in [3.05, 3.63) is 54.7 Å². The second-order valence-corrected chi connectivity index (χ2v) is 8.90. The molecule has 0 radical (unpaired) electrons. The smallest absolute Gasteiger partial charge is 0.337 e. The summed E-state index contributed by atoms with van der Waals surface area (Å²) in [5, 5.41) is 4.91. The SMILES string of the molecule is CCCCOc1nc(-c2ccc3c(c2)OCO3)n(S(=O)(=O)c2cccc3cccnc23)n1. The Morgan fingerprint density at radius 2 is 1.94 bits per heavy atom. The Hall–Kier alpha value is -3.66. The second-order valence-electron chi connectivity index (χ2n) is 7.17. The highest BCUT2D eigenvalue weighted by atomic mass is 32.2. The number of ether oxygens (including phenoxy) is 3. The summed E-state index contributed by atoms with van der Waals surface area (Å²) in [7, 11) is -4.14. The minimum atomic E-state index is -4.14. The van der Waals surface area contributed by atoms with Crippen molar-refractivity contribution in [2.24, 2.45) is 0 Å². The Labute approximate surface area is 184 Å². The number of unbranched alkanes of at least 4 members (excludes halogenated alkanes) is 1. The summed E-state index contributed by atoms with van der Waals surface area (Å²) in [6, 6.07) is 13.6. The lowest BCUT2D eigenvalue weighted by Gasteiger charge is -2.09. The number of fused-ring (bicyclic) bond motifs is 2. The van der Waals surface area contributed by atoms with Crippen LogP contribution in [-0.4, -0.2) is 41.0 Å². The van der Waals surface area contributed by atoms with Crippen LogP contribution in [0.2, 0.25) is 0 Å². The van der Waals surface area contributed by atoms with Crippen molar-refractivity contribution in [1.29, 1.82) is 0 Å². The second kappa shape index (κ2) is 8.12. The first-order chi connectivity index (χ1) is 15.6. The molecule has 4 aromatic rings. The van der Waals surface area contributed by atoms with Crippen molar-refractivity contribution in [3.63, 3.8) is 0 Å². The van der Waals surface area contributed by atoms with E-state index in [1.165, 1.54) is 6.07 Å². The summed E-state index contributed by atoms with van der Waals surface area (Å²) >= 11 is 0. The Morgan fingerprint density at radius 3 is 2.81 bits per heavy atom. The van der Waals surface area contributed by atoms with Gasteiger partial charge in [0.25, 0.3) is 10.0 Å². The van der Waals surface area contributed by atoms with E-state index in [2.05, 4.69) is 15.1 Å². The van der Waals surface area contributed by atoms with Gasteiger partial charge in [0.2, 0.25) is 6.79 Å². The van der Waals surface area contributed by atoms with Gasteiger partial charge in [-0.15, -0.1) is 4.09 Å². The number of pyridine rings is 1. The predicted molar refractivity (Wildman–Crippen MR) is 116 cm³/mol. The van der Waals surface area contributed by atoms with Gasteiger partial charge >= 0.3 is 6.01 Å². The van der Waals surface area contributed by atoms with Crippen LogP contribution >= 0.6 is 0 Å². The Morgan fingerprint density at radius 1 is 1.09 bits per heavy atom. The van der Waals surface area contributed by atoms with E-state index in [0.717, 1.165) is 16.9 Å². The molecule has 0 saturated heterocycles. The van der Waals surface area contributed by atoms with Gasteiger partial charge in [0.05, 0.1) is 12.1 Å². The van der Waals surface area contributed by atoms with Gasteiger partial charge in [0.1, 0.15) is 4.90 Å². The van der Waals surface area contributed by atoms with E-state index in [9.17, 15) is 8.42 Å². The summed E-state index contributed by atoms with van der Waals surface area (Å²) in [6.45, 7) is 2.53. The molecule has 9 nitrogen and oxygen atoms in total. The highest BCUT2D eigenvalue weighted by Crippen LogP contribution is 2.36. The van der Waals surface area contributed by atoms with Crippen LogP contribution in [0.4, 0.5) is 0 Å². The van der Waals surface area contributed by atoms with Crippen LogP contribution < -0.4 is 14.2 Å². The molecule has 0 atom stereocenters. The molecule has 0 spiro atoms. The van der Waals surface area contributed by atoms with Crippen LogP contribution in [0.25, 0.3) is 22.3 Å². The van der Waals surface area contributed by atoms with Crippen molar-refractivity contribution >= 4 is 20.9 Å². The van der Waals surface area contributed by atoms with Gasteiger partial charge in [-0.1, -0.05) is 36.6 Å². The van der Waals surface area contributed by atoms with E-state index in [4.69, 9.17) is 14.2 Å². The van der Waals surface area contributed by atoms with E-state index in [0.29, 0.717) is 34.6 Å². The molecule has 1 aliphatic heterocycles. The maximum Gasteiger partial charge on any atom is 0.337 e. The fraction of sp³-hybridized carbons (Fsp3) is 0.227. The van der Waals surface area contributed by atoms with Crippen LogP contribution in [0.5, 0.6) is 17.5 Å². The molecule has 0 bridgehead atoms. The Kier molecular flexibility index (Phi) is 5.14. The maximum atomic E-state index is 13.7. The number of benzene rings is 2. The summed E-state index contributed by atoms with van der Waals surface area (Å²) in [5.74, 6) is 1.21. The molecule has 10 heteroatoms. The van der Waals surface area contributed by atoms with Crippen LogP contribution in [0.15, 0.2) is 59.6 Å². The largest absolute Gasteiger partial charge is 0.462 e. The van der Waals surface area contributed by atoms with Crippen LogP contribution in [0.1, 0.15) is 19.8 Å². The molecular weight excluding hydrogens is 432 g/mol. The molecule has 1 aliphatic rings. The zero-order valence-electron chi connectivity index (χ0n) is 17.3. The molecule has 0 saturated carbocycles. The summed E-state index contributed by atoms with van der Waals surface area (Å²) in [4.78, 5) is 8.70. The average molecular weight is 452 g/mol. The summed E-state index contributed by atoms with van der Waals surface area (Å²) in [6.07, 6.45) is 3.28. The lowest BCUT2D eigenvalue weighted by atomic mass is 10.2. The van der Waals surface area contributed by atoms with Crippen LogP contribution in [-0.2, 0) is 10.0 Å². The third kappa shape index (κ3) is 3.52. The minimum absolute atomic E-state index is 0.0112. The zero-order chi connectivity index (χ0) is 22.1. The molecule has 3 heterocycles. The maximum absolute atomic E-state index is 13.7. The quantitative estimate of drug-likeness (QED) is 0.391. The third-order valence-corrected chi connectivity index (χ3v) is 6.62. The van der Waals surface area contributed by atoms with Gasteiger partial charge in [0, 0.05) is 17.1 Å². The molecule has 164 valence electrons. The van der Waals surface area contributed by atoms with Gasteiger partial charge in [-0.25, -0.2) is 0 Å². The lowest BCUT2D eigenvalue weighted by Crippen LogP contribution is -2.17. The van der Waals surface area contributed by atoms with Crippen LogP contribution in [0, 0.1) is 0 Å². The highest BCUT2D eigenvalue weighted by Gasteiger charge is 2.28. The molecule has 32 heavy (non-hydrogen) atoms. The standard InChI is InChI=1S/C22H20N4O5S/c1-2-3-12-29-22-24-21(16-9-10-17-18(13-16)31-14-30-17)26(25-22)32(27,28)19-8-4-6-15-7-5-11-23-20(15)19/h4-11,13H,2-3,12,14H2,1H3. The fourth-order valence-corrected chi connectivity index (χ4v) is 4.81. The molecule has 0 N–H and O–H groups in total. The first-order valence-corrected chi connectivity index (χ1v) is 11.6. The van der Waals surface area contributed by atoms with E-state index < -0.39 is 10.0 Å². The molecule has 5 rings (SSSR count). The Balaban J connectivity index is 1.66. The monoisotopic (exact) mass is 452 g/mol. The van der Waals surface area contributed by atoms with Crippen molar-refractivity contribution in [2.75, 3.05) is 13.4 Å². The fourth-order valence-electron chi connectivity index (χ4n) is 3.41. The van der Waals surface area contributed by atoms with E-state index in [-0.39, 0.29) is 23.5 Å². The topological polar surface area (TPSA) is 105 Å². The molecule has 2 aromatic heterocycles. The van der Waals surface area contributed by atoms with Gasteiger partial charge in [-0.2, -0.15) is 13.4 Å². The number of hydrogen-bond acceptors (Lipinski definition) is 8. The van der Waals surface area contributed by atoms with Crippen LogP contribution in [0.3, 0.4) is 0 Å². The number of hydrogen-bond donors (Lipinski definition) is 0. The lowest BCUT2D eigenvalue weighted by molar-refractivity contribution is 0.174. The van der Waals surface area contributed by atoms with E-state index in [1.807, 2.05) is 6.92 Å². The van der Waals surface area contributed by atoms with Crippen molar-refractivity contribution in [2.45, 2.75) is 24.7 Å². The van der Waals surface area contributed by atoms with Crippen molar-refractivity contribution in [3.8, 4) is 28.9 Å². The average Bonchev–Trinajstić information content (AvgIpc) is 3.46. The van der Waals surface area contributed by atoms with E-state index in [1.54, 1.807) is 48.7 Å². The summed E-state index contributed by atoms with van der Waals surface area (Å²) < 4.78 is 44.8. The third-order valence-electron chi connectivity index (χ3n) is 5.02. The summed E-state index contributed by atoms with van der Waals surface area (Å²) in [5.41, 5.74) is 0.861. The predicted octanol–water partition coefficient (Wildman–Crippen LogP) is 3.64. The number of para-hydroxylation sites is 1. The van der Waals surface area contributed by atoms with Crippen molar-refractivity contribution < 1.29 is 22.6 Å². The number of rotatable bonds is 7. The van der Waals surface area contributed by atoms with Crippen molar-refractivity contribution in [1.82, 2.24) is 19.2 Å². The van der Waals surface area contributed by atoms with Gasteiger partial charge in [-0.3, -0.25) is 4.98 Å².